The van der Waals surface area contributed by atoms with Crippen LogP contribution in [0.5, 0.6) is 0 Å². The summed E-state index contributed by atoms with van der Waals surface area (Å²) in [6, 6.07) is 15.7. The van der Waals surface area contributed by atoms with E-state index in [0.29, 0.717) is 23.6 Å². The molecule has 1 aliphatic carbocycles. The molecule has 0 bridgehead atoms. The standard InChI is InChI=1S/C30H35N7O6S/c1-2-3-10-26-31-30(15-6-7-16-30)28(38)35(26)21-22-11-13-23(14-12-22)24-8-4-5-9-25(24)27-32-34-36(33-27)29(39)42-17-19-44-20-18-43-37(40)41/h4-5,8-9,11-14H,2-3,6-7,10,15-21H2,1H3. The lowest BCUT2D eigenvalue weighted by Gasteiger charge is -2.23. The third-order valence-corrected chi connectivity index (χ3v) is 8.62. The van der Waals surface area contributed by atoms with E-state index in [1.54, 1.807) is 0 Å². The molecule has 2 heterocycles. The summed E-state index contributed by atoms with van der Waals surface area (Å²) in [5.74, 6) is 2.17. The molecule has 3 aromatic rings. The first-order valence-electron chi connectivity index (χ1n) is 14.8. The zero-order valence-corrected chi connectivity index (χ0v) is 25.4. The molecule has 2 aliphatic rings. The number of thioether (sulfide) groups is 1. The van der Waals surface area contributed by atoms with Crippen LogP contribution in [0.2, 0.25) is 0 Å². The molecule has 2 aromatic carbocycles. The van der Waals surface area contributed by atoms with Gasteiger partial charge in [0.25, 0.3) is 11.0 Å². The van der Waals surface area contributed by atoms with E-state index in [4.69, 9.17) is 9.73 Å². The quantitative estimate of drug-likeness (QED) is 0.134. The van der Waals surface area contributed by atoms with Crippen molar-refractivity contribution in [1.82, 2.24) is 25.1 Å². The number of tetrazole rings is 1. The molecule has 1 fully saturated rings. The number of ether oxygens (including phenoxy) is 1. The fourth-order valence-corrected chi connectivity index (χ4v) is 6.12. The molecule has 1 spiro atoms. The number of hydrogen-bond acceptors (Lipinski definition) is 11. The van der Waals surface area contributed by atoms with E-state index in [-0.39, 0.29) is 24.9 Å². The van der Waals surface area contributed by atoms with Crippen molar-refractivity contribution < 1.29 is 24.3 Å². The lowest BCUT2D eigenvalue weighted by Crippen LogP contribution is -2.40. The predicted molar refractivity (Wildman–Crippen MR) is 164 cm³/mol. The maximum atomic E-state index is 13.5. The molecular weight excluding hydrogens is 586 g/mol. The van der Waals surface area contributed by atoms with E-state index in [0.717, 1.165) is 72.3 Å². The number of carbonyl (C=O) groups is 2. The predicted octanol–water partition coefficient (Wildman–Crippen LogP) is 5.18. The summed E-state index contributed by atoms with van der Waals surface area (Å²) in [5, 5.41) is 21.5. The Morgan fingerprint density at radius 2 is 1.80 bits per heavy atom. The van der Waals surface area contributed by atoms with E-state index < -0.39 is 16.7 Å². The van der Waals surface area contributed by atoms with Crippen molar-refractivity contribution in [2.24, 2.45) is 4.99 Å². The molecule has 14 heteroatoms. The van der Waals surface area contributed by atoms with Gasteiger partial charge in [-0.25, -0.2) is 4.79 Å². The van der Waals surface area contributed by atoms with Gasteiger partial charge in [-0.1, -0.05) is 79.5 Å². The van der Waals surface area contributed by atoms with Crippen LogP contribution in [0.25, 0.3) is 22.5 Å². The van der Waals surface area contributed by atoms with E-state index in [2.05, 4.69) is 27.2 Å². The Hall–Kier alpha value is -4.33. The number of unbranched alkanes of at least 4 members (excludes halogenated alkanes) is 1. The molecule has 0 N–H and O–H groups in total. The van der Waals surface area contributed by atoms with E-state index in [9.17, 15) is 19.7 Å². The normalized spacial score (nSPS) is 15.5. The van der Waals surface area contributed by atoms with Gasteiger partial charge in [0.05, 0.1) is 6.54 Å². The van der Waals surface area contributed by atoms with Crippen molar-refractivity contribution in [2.75, 3.05) is 24.7 Å². The number of amides is 1. The Labute approximate surface area is 259 Å². The Morgan fingerprint density at radius 3 is 2.52 bits per heavy atom. The molecule has 13 nitrogen and oxygen atoms in total. The lowest BCUT2D eigenvalue weighted by atomic mass is 9.97. The average Bonchev–Trinajstić information content (AvgIpc) is 3.77. The van der Waals surface area contributed by atoms with Crippen LogP contribution in [0.15, 0.2) is 53.5 Å². The van der Waals surface area contributed by atoms with Gasteiger partial charge in [-0.15, -0.1) is 20.3 Å². The number of carbonyl (C=O) groups excluding carboxylic acids is 2. The Balaban J connectivity index is 1.23. The minimum absolute atomic E-state index is 0.0324. The van der Waals surface area contributed by atoms with Crippen LogP contribution in [0.3, 0.4) is 0 Å². The van der Waals surface area contributed by atoms with Crippen LogP contribution in [0.4, 0.5) is 4.79 Å². The van der Waals surface area contributed by atoms with Crippen LogP contribution in [0, 0.1) is 10.1 Å². The molecule has 1 saturated carbocycles. The average molecular weight is 622 g/mol. The summed E-state index contributed by atoms with van der Waals surface area (Å²) >= 11 is 1.35. The Bertz CT molecular complexity index is 1500. The molecule has 232 valence electrons. The summed E-state index contributed by atoms with van der Waals surface area (Å²) in [5.41, 5.74) is 2.98. The molecule has 5 rings (SSSR count). The highest BCUT2D eigenvalue weighted by Gasteiger charge is 2.49. The van der Waals surface area contributed by atoms with Crippen LogP contribution in [0.1, 0.15) is 57.4 Å². The van der Waals surface area contributed by atoms with Crippen LogP contribution in [-0.4, -0.2) is 78.3 Å². The second-order valence-electron chi connectivity index (χ2n) is 10.7. The topological polar surface area (TPSA) is 155 Å². The van der Waals surface area contributed by atoms with Crippen molar-refractivity contribution in [3.8, 4) is 22.5 Å². The van der Waals surface area contributed by atoms with Gasteiger partial charge in [-0.2, -0.15) is 11.8 Å². The smallest absolute Gasteiger partial charge is 0.446 e. The molecule has 0 saturated heterocycles. The summed E-state index contributed by atoms with van der Waals surface area (Å²) in [4.78, 5) is 48.0. The van der Waals surface area contributed by atoms with Crippen LogP contribution < -0.4 is 0 Å². The Kier molecular flexibility index (Phi) is 10.2. The number of rotatable bonds is 14. The summed E-state index contributed by atoms with van der Waals surface area (Å²) < 4.78 is 5.18. The van der Waals surface area contributed by atoms with E-state index in [1.165, 1.54) is 11.8 Å². The highest BCUT2D eigenvalue weighted by atomic mass is 32.2. The first kappa shape index (κ1) is 31.1. The van der Waals surface area contributed by atoms with Gasteiger partial charge in [-0.3, -0.25) is 14.7 Å². The zero-order chi connectivity index (χ0) is 30.9. The number of aromatic nitrogens is 4. The monoisotopic (exact) mass is 621 g/mol. The van der Waals surface area contributed by atoms with Crippen molar-refractivity contribution >= 4 is 29.6 Å². The van der Waals surface area contributed by atoms with Crippen LogP contribution >= 0.6 is 11.8 Å². The summed E-state index contributed by atoms with van der Waals surface area (Å²) in [6.07, 6.45) is 5.88. The molecular formula is C30H35N7O6S. The number of benzene rings is 2. The van der Waals surface area contributed by atoms with Gasteiger partial charge in [0.15, 0.2) is 0 Å². The SMILES string of the molecule is CCCCC1=NC2(CCCC2)C(=O)N1Cc1ccc(-c2ccccc2-c2nnn(C(=O)OCCSCCO[N+](=O)[O-])n2)cc1. The van der Waals surface area contributed by atoms with Crippen LogP contribution in [-0.2, 0) is 20.9 Å². The Morgan fingerprint density at radius 1 is 1.07 bits per heavy atom. The molecule has 1 amide bonds. The molecule has 1 aliphatic heterocycles. The maximum Gasteiger partial charge on any atom is 0.453 e. The summed E-state index contributed by atoms with van der Waals surface area (Å²) in [6.45, 7) is 2.69. The molecule has 1 aromatic heterocycles. The fourth-order valence-electron chi connectivity index (χ4n) is 5.52. The second-order valence-corrected chi connectivity index (χ2v) is 11.9. The third-order valence-electron chi connectivity index (χ3n) is 7.71. The van der Waals surface area contributed by atoms with Crippen molar-refractivity contribution in [1.29, 1.82) is 0 Å². The fraction of sp³-hybridized carbons (Fsp3) is 0.467. The van der Waals surface area contributed by atoms with Gasteiger partial charge in [-0.05, 0) is 41.2 Å². The molecule has 0 radical (unpaired) electrons. The van der Waals surface area contributed by atoms with Crippen molar-refractivity contribution in [3.63, 3.8) is 0 Å². The maximum absolute atomic E-state index is 13.5. The van der Waals surface area contributed by atoms with Gasteiger partial charge < -0.3 is 9.57 Å². The largest absolute Gasteiger partial charge is 0.453 e. The van der Waals surface area contributed by atoms with Gasteiger partial charge in [0, 0.05) is 23.5 Å². The minimum atomic E-state index is -0.843. The molecule has 0 atom stereocenters. The van der Waals surface area contributed by atoms with Gasteiger partial charge in [0.1, 0.15) is 24.6 Å². The minimum Gasteiger partial charge on any atom is -0.446 e. The third kappa shape index (κ3) is 7.24. The first-order chi connectivity index (χ1) is 21.4. The molecule has 0 unspecified atom stereocenters. The number of hydrogen-bond donors (Lipinski definition) is 0. The van der Waals surface area contributed by atoms with Crippen molar-refractivity contribution in [3.05, 3.63) is 64.2 Å². The van der Waals surface area contributed by atoms with E-state index in [1.807, 2.05) is 53.4 Å². The van der Waals surface area contributed by atoms with Crippen molar-refractivity contribution in [2.45, 2.75) is 64.0 Å². The van der Waals surface area contributed by atoms with Gasteiger partial charge in [0.2, 0.25) is 5.82 Å². The number of nitrogens with zero attached hydrogens (tertiary/aromatic N) is 7. The highest BCUT2D eigenvalue weighted by molar-refractivity contribution is 7.99. The summed E-state index contributed by atoms with van der Waals surface area (Å²) in [7, 11) is 0. The molecule has 44 heavy (non-hydrogen) atoms. The van der Waals surface area contributed by atoms with Gasteiger partial charge >= 0.3 is 6.09 Å². The first-order valence-corrected chi connectivity index (χ1v) is 16.0. The zero-order valence-electron chi connectivity index (χ0n) is 24.6. The highest BCUT2D eigenvalue weighted by Crippen LogP contribution is 2.40. The van der Waals surface area contributed by atoms with E-state index >= 15 is 0 Å². The lowest BCUT2D eigenvalue weighted by molar-refractivity contribution is -0.756. The second kappa shape index (κ2) is 14.4. The number of amidine groups is 1. The number of aliphatic imine (C=N–C) groups is 1.